The van der Waals surface area contributed by atoms with Crippen molar-refractivity contribution in [1.82, 2.24) is 14.3 Å². The summed E-state index contributed by atoms with van der Waals surface area (Å²) in [5.41, 5.74) is 1.21. The zero-order valence-corrected chi connectivity index (χ0v) is 19.1. The Balaban J connectivity index is 1.63. The molecule has 0 aliphatic heterocycles. The minimum absolute atomic E-state index is 0.0147. The first-order valence-electron chi connectivity index (χ1n) is 9.65. The van der Waals surface area contributed by atoms with Gasteiger partial charge in [-0.05, 0) is 60.3 Å². The number of aryl methyl sites for hydroxylation is 1. The summed E-state index contributed by atoms with van der Waals surface area (Å²) in [4.78, 5) is 40.6. The Morgan fingerprint density at radius 2 is 1.82 bits per heavy atom. The fourth-order valence-electron chi connectivity index (χ4n) is 3.32. The number of aromatic nitrogens is 2. The van der Waals surface area contributed by atoms with Crippen LogP contribution in [0.2, 0.25) is 0 Å². The van der Waals surface area contributed by atoms with E-state index in [1.165, 1.54) is 24.3 Å². The second kappa shape index (κ2) is 8.56. The number of aromatic amines is 1. The Hall–Kier alpha value is -3.90. The van der Waals surface area contributed by atoms with Crippen LogP contribution in [-0.2, 0) is 10.0 Å². The molecule has 10 nitrogen and oxygen atoms in total. The maximum atomic E-state index is 13.0. The van der Waals surface area contributed by atoms with Crippen LogP contribution in [0.4, 0.5) is 16.2 Å². The van der Waals surface area contributed by atoms with Gasteiger partial charge in [-0.15, -0.1) is 11.3 Å². The van der Waals surface area contributed by atoms with Gasteiger partial charge in [0.1, 0.15) is 4.21 Å². The van der Waals surface area contributed by atoms with E-state index in [1.807, 2.05) is 4.72 Å². The molecule has 33 heavy (non-hydrogen) atoms. The minimum atomic E-state index is -3.97. The van der Waals surface area contributed by atoms with E-state index in [0.29, 0.717) is 27.8 Å². The topological polar surface area (TPSA) is 142 Å². The van der Waals surface area contributed by atoms with Crippen LogP contribution in [0.3, 0.4) is 0 Å². The lowest BCUT2D eigenvalue weighted by atomic mass is 10.1. The zero-order chi connectivity index (χ0) is 23.8. The lowest BCUT2D eigenvalue weighted by molar-refractivity contribution is 0.256. The molecule has 0 aliphatic rings. The number of benzene rings is 2. The smallest absolute Gasteiger partial charge is 0.333 e. The first kappa shape index (κ1) is 22.3. The number of amides is 2. The molecule has 170 valence electrons. The normalized spacial score (nSPS) is 11.3. The molecule has 12 heteroatoms. The Morgan fingerprint density at radius 1 is 1.06 bits per heavy atom. The largest absolute Gasteiger partial charge is 0.388 e. The molecule has 0 bridgehead atoms. The van der Waals surface area contributed by atoms with E-state index >= 15 is 0 Å². The minimum Gasteiger partial charge on any atom is -0.388 e. The molecular weight excluding hydrogens is 466 g/mol. The molecule has 0 radical (unpaired) electrons. The van der Waals surface area contributed by atoms with E-state index in [4.69, 9.17) is 0 Å². The van der Waals surface area contributed by atoms with Crippen molar-refractivity contribution in [2.24, 2.45) is 0 Å². The number of carbonyl (C=O) groups excluding carboxylic acids is 1. The lowest BCUT2D eigenvalue weighted by Crippen LogP contribution is -2.34. The monoisotopic (exact) mass is 485 g/mol. The predicted molar refractivity (Wildman–Crippen MR) is 128 cm³/mol. The van der Waals surface area contributed by atoms with E-state index < -0.39 is 27.3 Å². The Morgan fingerprint density at radius 3 is 2.48 bits per heavy atom. The number of nitrogens with one attached hydrogen (secondary N) is 4. The average Bonchev–Trinajstić information content (AvgIpc) is 3.30. The second-order valence-electron chi connectivity index (χ2n) is 7.07. The van der Waals surface area contributed by atoms with Crippen molar-refractivity contribution in [1.29, 1.82) is 0 Å². The fourth-order valence-corrected chi connectivity index (χ4v) is 5.22. The zero-order valence-electron chi connectivity index (χ0n) is 17.5. The van der Waals surface area contributed by atoms with E-state index in [1.54, 1.807) is 43.6 Å². The van der Waals surface area contributed by atoms with Crippen LogP contribution in [0.1, 0.15) is 5.56 Å². The number of nitrogens with zero attached hydrogens (tertiary/aromatic N) is 1. The number of urea groups is 1. The molecular formula is C21H19N5O5S2. The number of anilines is 2. The SMILES string of the molecule is CNc1ccc2c(=O)n(-c3ccc(NC(=O)NS(=O)(=O)c4cccs4)cc3C)c(=O)[nH]c2c1. The average molecular weight is 486 g/mol. The molecule has 2 aromatic carbocycles. The summed E-state index contributed by atoms with van der Waals surface area (Å²) in [6.45, 7) is 1.67. The lowest BCUT2D eigenvalue weighted by Gasteiger charge is -2.12. The quantitative estimate of drug-likeness (QED) is 0.342. The van der Waals surface area contributed by atoms with E-state index in [0.717, 1.165) is 21.6 Å². The molecule has 2 heterocycles. The van der Waals surface area contributed by atoms with Gasteiger partial charge in [-0.2, -0.15) is 0 Å². The number of rotatable bonds is 5. The van der Waals surface area contributed by atoms with Crippen molar-refractivity contribution in [3.63, 3.8) is 0 Å². The van der Waals surface area contributed by atoms with Gasteiger partial charge < -0.3 is 15.6 Å². The van der Waals surface area contributed by atoms with Crippen LogP contribution >= 0.6 is 11.3 Å². The number of carbonyl (C=O) groups is 1. The molecule has 2 aromatic heterocycles. The predicted octanol–water partition coefficient (Wildman–Crippen LogP) is 2.60. The standard InChI is InChI=1S/C21H19N5O5S2/c1-12-10-14(23-20(28)25-33(30,31)18-4-3-9-32-18)6-8-17(12)26-19(27)15-7-5-13(22-2)11-16(15)24-21(26)29/h3-11,22H,1-2H3,(H,24,29)(H2,23,25,28). The van der Waals surface area contributed by atoms with Gasteiger partial charge >= 0.3 is 11.7 Å². The third-order valence-electron chi connectivity index (χ3n) is 4.87. The van der Waals surface area contributed by atoms with Crippen molar-refractivity contribution < 1.29 is 13.2 Å². The van der Waals surface area contributed by atoms with Crippen molar-refractivity contribution in [3.05, 3.63) is 80.3 Å². The number of thiophene rings is 1. The van der Waals surface area contributed by atoms with Crippen LogP contribution in [-0.4, -0.2) is 31.0 Å². The number of H-pyrrole nitrogens is 1. The Bertz CT molecular complexity index is 1590. The summed E-state index contributed by atoms with van der Waals surface area (Å²) in [6, 6.07) is 11.6. The van der Waals surface area contributed by atoms with Crippen molar-refractivity contribution >= 4 is 49.7 Å². The van der Waals surface area contributed by atoms with Gasteiger partial charge in [0.15, 0.2) is 0 Å². The summed E-state index contributed by atoms with van der Waals surface area (Å²) in [7, 11) is -2.24. The number of sulfonamides is 1. The number of hydrogen-bond acceptors (Lipinski definition) is 7. The Kier molecular flexibility index (Phi) is 5.78. The molecule has 0 fully saturated rings. The van der Waals surface area contributed by atoms with Gasteiger partial charge in [-0.3, -0.25) is 4.79 Å². The summed E-state index contributed by atoms with van der Waals surface area (Å²) in [5, 5.41) is 7.32. The van der Waals surface area contributed by atoms with Gasteiger partial charge in [0.25, 0.3) is 15.6 Å². The number of hydrogen-bond donors (Lipinski definition) is 4. The molecule has 0 saturated carbocycles. The summed E-state index contributed by atoms with van der Waals surface area (Å²) >= 11 is 0.987. The van der Waals surface area contributed by atoms with Gasteiger partial charge in [0, 0.05) is 18.4 Å². The summed E-state index contributed by atoms with van der Waals surface area (Å²) < 4.78 is 27.3. The maximum absolute atomic E-state index is 13.0. The summed E-state index contributed by atoms with van der Waals surface area (Å²) in [5.74, 6) is 0. The van der Waals surface area contributed by atoms with Gasteiger partial charge in [0.05, 0.1) is 16.6 Å². The van der Waals surface area contributed by atoms with E-state index in [-0.39, 0.29) is 4.21 Å². The first-order chi connectivity index (χ1) is 15.7. The van der Waals surface area contributed by atoms with Gasteiger partial charge in [-0.1, -0.05) is 6.07 Å². The molecule has 2 amide bonds. The van der Waals surface area contributed by atoms with Crippen LogP contribution in [0.5, 0.6) is 0 Å². The Labute approximate surface area is 192 Å². The fraction of sp³-hybridized carbons (Fsp3) is 0.0952. The molecule has 4 N–H and O–H groups in total. The van der Waals surface area contributed by atoms with Crippen LogP contribution in [0.15, 0.2) is 67.7 Å². The van der Waals surface area contributed by atoms with E-state index in [9.17, 15) is 22.8 Å². The molecule has 0 saturated heterocycles. The molecule has 0 spiro atoms. The first-order valence-corrected chi connectivity index (χ1v) is 12.0. The third kappa shape index (κ3) is 4.38. The van der Waals surface area contributed by atoms with Crippen LogP contribution < -0.4 is 26.6 Å². The second-order valence-corrected chi connectivity index (χ2v) is 9.93. The highest BCUT2D eigenvalue weighted by molar-refractivity contribution is 7.92. The van der Waals surface area contributed by atoms with E-state index in [2.05, 4.69) is 15.6 Å². The third-order valence-corrected chi connectivity index (χ3v) is 7.60. The molecule has 0 atom stereocenters. The highest BCUT2D eigenvalue weighted by Gasteiger charge is 2.19. The van der Waals surface area contributed by atoms with Crippen LogP contribution in [0, 0.1) is 6.92 Å². The van der Waals surface area contributed by atoms with Gasteiger partial charge in [-0.25, -0.2) is 27.3 Å². The number of fused-ring (bicyclic) bond motifs is 1. The molecule has 4 aromatic rings. The maximum Gasteiger partial charge on any atom is 0.333 e. The highest BCUT2D eigenvalue weighted by Crippen LogP contribution is 2.19. The van der Waals surface area contributed by atoms with Crippen molar-refractivity contribution in [2.45, 2.75) is 11.1 Å². The molecule has 0 unspecified atom stereocenters. The van der Waals surface area contributed by atoms with Crippen molar-refractivity contribution in [2.75, 3.05) is 17.7 Å². The van der Waals surface area contributed by atoms with Crippen molar-refractivity contribution in [3.8, 4) is 5.69 Å². The summed E-state index contributed by atoms with van der Waals surface area (Å²) in [6.07, 6.45) is 0. The highest BCUT2D eigenvalue weighted by atomic mass is 32.2. The molecule has 4 rings (SSSR count). The van der Waals surface area contributed by atoms with Gasteiger partial charge in [0.2, 0.25) is 0 Å². The molecule has 0 aliphatic carbocycles. The van der Waals surface area contributed by atoms with Crippen LogP contribution in [0.25, 0.3) is 16.6 Å².